The maximum absolute atomic E-state index is 13.6. The van der Waals surface area contributed by atoms with Crippen LogP contribution in [0.1, 0.15) is 49.0 Å². The predicted molar refractivity (Wildman–Crippen MR) is 90.6 cm³/mol. The number of likely N-dealkylation sites (tertiary alicyclic amines) is 1. The van der Waals surface area contributed by atoms with E-state index in [9.17, 15) is 9.18 Å². The Labute approximate surface area is 151 Å². The first-order chi connectivity index (χ1) is 12.7. The lowest BCUT2D eigenvalue weighted by Crippen LogP contribution is -2.47. The normalized spacial score (nSPS) is 20.9. The van der Waals surface area contributed by atoms with Crippen LogP contribution in [0.2, 0.25) is 0 Å². The van der Waals surface area contributed by atoms with Crippen molar-refractivity contribution in [1.29, 1.82) is 0 Å². The van der Waals surface area contributed by atoms with E-state index in [1.54, 1.807) is 0 Å². The third kappa shape index (κ3) is 4.24. The summed E-state index contributed by atoms with van der Waals surface area (Å²) in [5, 5.41) is 7.05. The number of amides is 1. The molecule has 4 rings (SSSR count). The highest BCUT2D eigenvalue weighted by molar-refractivity contribution is 5.78. The van der Waals surface area contributed by atoms with Crippen molar-refractivity contribution in [2.45, 2.75) is 50.6 Å². The summed E-state index contributed by atoms with van der Waals surface area (Å²) in [7, 11) is 0. The lowest BCUT2D eigenvalue weighted by Gasteiger charge is -2.32. The second-order valence-corrected chi connectivity index (χ2v) is 7.07. The van der Waals surface area contributed by atoms with Gasteiger partial charge in [0.25, 0.3) is 0 Å². The number of halogens is 1. The van der Waals surface area contributed by atoms with E-state index in [2.05, 4.69) is 25.3 Å². The molecule has 0 radical (unpaired) electrons. The standard InChI is InChI=1S/C18H22FN5O2/c19-14-4-1-7-20-15(14)9-17(25)21-13-3-2-8-24(10-13)11-16-22-18(26-23-16)12-5-6-12/h1,4,7,12-13H,2-3,5-6,8-11H2,(H,21,25). The molecular formula is C18H22FN5O2. The van der Waals surface area contributed by atoms with Crippen LogP contribution in [-0.4, -0.2) is 45.1 Å². The van der Waals surface area contributed by atoms with E-state index in [4.69, 9.17) is 4.52 Å². The molecule has 1 saturated carbocycles. The SMILES string of the molecule is O=C(Cc1ncccc1F)NC1CCCN(Cc2noc(C3CC3)n2)C1. The maximum atomic E-state index is 13.6. The van der Waals surface area contributed by atoms with Gasteiger partial charge in [0.2, 0.25) is 11.8 Å². The average molecular weight is 359 g/mol. The summed E-state index contributed by atoms with van der Waals surface area (Å²) in [6.45, 7) is 2.29. The Balaban J connectivity index is 1.28. The summed E-state index contributed by atoms with van der Waals surface area (Å²) < 4.78 is 18.9. The van der Waals surface area contributed by atoms with Gasteiger partial charge in [0.05, 0.1) is 18.7 Å². The van der Waals surface area contributed by atoms with Crippen LogP contribution in [0.15, 0.2) is 22.9 Å². The Bertz CT molecular complexity index is 776. The Morgan fingerprint density at radius 1 is 1.38 bits per heavy atom. The molecule has 2 aromatic rings. The summed E-state index contributed by atoms with van der Waals surface area (Å²) in [5.74, 6) is 1.26. The van der Waals surface area contributed by atoms with Crippen molar-refractivity contribution in [3.05, 3.63) is 41.6 Å². The van der Waals surface area contributed by atoms with Gasteiger partial charge in [0.15, 0.2) is 5.82 Å². The quantitative estimate of drug-likeness (QED) is 0.847. The van der Waals surface area contributed by atoms with Crippen LogP contribution in [-0.2, 0) is 17.8 Å². The van der Waals surface area contributed by atoms with Gasteiger partial charge in [-0.05, 0) is 44.4 Å². The lowest BCUT2D eigenvalue weighted by molar-refractivity contribution is -0.121. The average Bonchev–Trinajstić information content (AvgIpc) is 3.37. The first-order valence-corrected chi connectivity index (χ1v) is 9.11. The molecule has 1 atom stereocenters. The van der Waals surface area contributed by atoms with Crippen LogP contribution in [0.4, 0.5) is 4.39 Å². The Hall–Kier alpha value is -2.35. The molecule has 1 aliphatic heterocycles. The summed E-state index contributed by atoms with van der Waals surface area (Å²) in [6.07, 6.45) is 5.61. The van der Waals surface area contributed by atoms with Gasteiger partial charge >= 0.3 is 0 Å². The first-order valence-electron chi connectivity index (χ1n) is 9.11. The van der Waals surface area contributed by atoms with E-state index < -0.39 is 5.82 Å². The third-order valence-electron chi connectivity index (χ3n) is 4.81. The lowest BCUT2D eigenvalue weighted by atomic mass is 10.1. The zero-order valence-corrected chi connectivity index (χ0v) is 14.5. The number of carbonyl (C=O) groups excluding carboxylic acids is 1. The van der Waals surface area contributed by atoms with Crippen LogP contribution >= 0.6 is 0 Å². The summed E-state index contributed by atoms with van der Waals surface area (Å²) in [5.41, 5.74) is 0.178. The minimum atomic E-state index is -0.448. The smallest absolute Gasteiger partial charge is 0.229 e. The summed E-state index contributed by atoms with van der Waals surface area (Å²) in [6, 6.07) is 2.87. The van der Waals surface area contributed by atoms with Crippen LogP contribution < -0.4 is 5.32 Å². The van der Waals surface area contributed by atoms with Gasteiger partial charge in [-0.1, -0.05) is 5.16 Å². The molecular weight excluding hydrogens is 337 g/mol. The molecule has 3 heterocycles. The molecule has 1 saturated heterocycles. The number of pyridine rings is 1. The molecule has 2 fully saturated rings. The number of hydrogen-bond donors (Lipinski definition) is 1. The fraction of sp³-hybridized carbons (Fsp3) is 0.556. The second kappa shape index (κ2) is 7.49. The van der Waals surface area contributed by atoms with E-state index in [0.717, 1.165) is 44.7 Å². The van der Waals surface area contributed by atoms with Gasteiger partial charge in [0, 0.05) is 24.7 Å². The van der Waals surface area contributed by atoms with Gasteiger partial charge in [-0.2, -0.15) is 4.98 Å². The van der Waals surface area contributed by atoms with Crippen LogP contribution in [0.3, 0.4) is 0 Å². The molecule has 0 aromatic carbocycles. The summed E-state index contributed by atoms with van der Waals surface area (Å²) >= 11 is 0. The van der Waals surface area contributed by atoms with Crippen LogP contribution in [0.25, 0.3) is 0 Å². The van der Waals surface area contributed by atoms with Crippen molar-refractivity contribution in [2.75, 3.05) is 13.1 Å². The highest BCUT2D eigenvalue weighted by Gasteiger charge is 2.30. The highest BCUT2D eigenvalue weighted by atomic mass is 19.1. The molecule has 1 amide bonds. The predicted octanol–water partition coefficient (Wildman–Crippen LogP) is 1.80. The van der Waals surface area contributed by atoms with Gasteiger partial charge in [-0.15, -0.1) is 0 Å². The number of rotatable bonds is 6. The number of carbonyl (C=O) groups is 1. The van der Waals surface area contributed by atoms with Crippen molar-refractivity contribution in [1.82, 2.24) is 25.3 Å². The monoisotopic (exact) mass is 359 g/mol. The Morgan fingerprint density at radius 2 is 2.27 bits per heavy atom. The van der Waals surface area contributed by atoms with E-state index in [-0.39, 0.29) is 24.1 Å². The molecule has 0 spiro atoms. The second-order valence-electron chi connectivity index (χ2n) is 7.07. The number of hydrogen-bond acceptors (Lipinski definition) is 6. The van der Waals surface area contributed by atoms with Gasteiger partial charge in [-0.25, -0.2) is 4.39 Å². The molecule has 1 aliphatic carbocycles. The Morgan fingerprint density at radius 3 is 3.08 bits per heavy atom. The fourth-order valence-electron chi connectivity index (χ4n) is 3.32. The van der Waals surface area contributed by atoms with Gasteiger partial charge in [0.1, 0.15) is 5.82 Å². The topological polar surface area (TPSA) is 84.2 Å². The minimum Gasteiger partial charge on any atom is -0.352 e. The molecule has 2 aliphatic rings. The van der Waals surface area contributed by atoms with E-state index >= 15 is 0 Å². The zero-order chi connectivity index (χ0) is 17.9. The molecule has 138 valence electrons. The van der Waals surface area contributed by atoms with Crippen LogP contribution in [0, 0.1) is 5.82 Å². The van der Waals surface area contributed by atoms with Crippen LogP contribution in [0.5, 0.6) is 0 Å². The van der Waals surface area contributed by atoms with Crippen molar-refractivity contribution < 1.29 is 13.7 Å². The van der Waals surface area contributed by atoms with Gasteiger partial charge < -0.3 is 9.84 Å². The maximum Gasteiger partial charge on any atom is 0.229 e. The third-order valence-corrected chi connectivity index (χ3v) is 4.81. The molecule has 0 bridgehead atoms. The van der Waals surface area contributed by atoms with E-state index in [0.29, 0.717) is 18.3 Å². The number of nitrogens with one attached hydrogen (secondary N) is 1. The Kier molecular flexibility index (Phi) is 4.92. The van der Waals surface area contributed by atoms with Crippen molar-refractivity contribution in [3.63, 3.8) is 0 Å². The molecule has 8 heteroatoms. The van der Waals surface area contributed by atoms with E-state index in [1.165, 1.54) is 18.3 Å². The molecule has 2 aromatic heterocycles. The largest absolute Gasteiger partial charge is 0.352 e. The summed E-state index contributed by atoms with van der Waals surface area (Å²) in [4.78, 5) is 22.8. The molecule has 1 unspecified atom stereocenters. The van der Waals surface area contributed by atoms with Crippen molar-refractivity contribution >= 4 is 5.91 Å². The zero-order valence-electron chi connectivity index (χ0n) is 14.5. The number of nitrogens with zero attached hydrogens (tertiary/aromatic N) is 4. The number of piperidine rings is 1. The molecule has 1 N–H and O–H groups in total. The fourth-order valence-corrected chi connectivity index (χ4v) is 3.32. The van der Waals surface area contributed by atoms with Gasteiger partial charge in [-0.3, -0.25) is 14.7 Å². The van der Waals surface area contributed by atoms with Crippen molar-refractivity contribution in [2.24, 2.45) is 0 Å². The van der Waals surface area contributed by atoms with E-state index in [1.807, 2.05) is 0 Å². The highest BCUT2D eigenvalue weighted by Crippen LogP contribution is 2.38. The number of aromatic nitrogens is 3. The molecule has 7 nitrogen and oxygen atoms in total. The first kappa shape index (κ1) is 17.1. The molecule has 26 heavy (non-hydrogen) atoms. The minimum absolute atomic E-state index is 0.0397. The van der Waals surface area contributed by atoms with Crippen molar-refractivity contribution in [3.8, 4) is 0 Å².